The predicted molar refractivity (Wildman–Crippen MR) is 69.6 cm³/mol. The zero-order chi connectivity index (χ0) is 13.1. The number of hydrogen-bond acceptors (Lipinski definition) is 1. The van der Waals surface area contributed by atoms with Crippen molar-refractivity contribution in [3.63, 3.8) is 0 Å². The molecule has 0 amide bonds. The molecule has 0 radical (unpaired) electrons. The van der Waals surface area contributed by atoms with Crippen molar-refractivity contribution in [3.8, 4) is 0 Å². The molecule has 3 heteroatoms. The van der Waals surface area contributed by atoms with Gasteiger partial charge in [-0.1, -0.05) is 24.3 Å². The minimum absolute atomic E-state index is 0.0810. The van der Waals surface area contributed by atoms with Crippen LogP contribution in [0.5, 0.6) is 0 Å². The van der Waals surface area contributed by atoms with E-state index in [0.717, 1.165) is 23.3 Å². The molecule has 1 atom stereocenters. The maximum Gasteiger partial charge on any atom is 0.146 e. The van der Waals surface area contributed by atoms with Crippen molar-refractivity contribution < 1.29 is 8.78 Å². The Balaban J connectivity index is 2.24. The van der Waals surface area contributed by atoms with Gasteiger partial charge in [-0.25, -0.2) is 8.78 Å². The van der Waals surface area contributed by atoms with Crippen molar-refractivity contribution in [1.82, 2.24) is 0 Å². The summed E-state index contributed by atoms with van der Waals surface area (Å²) < 4.78 is 26.6. The average molecular weight is 247 g/mol. The minimum atomic E-state index is -0.448. The van der Waals surface area contributed by atoms with Crippen LogP contribution in [0.1, 0.15) is 24.1 Å². The molecule has 2 aromatic rings. The van der Waals surface area contributed by atoms with Gasteiger partial charge in [0.05, 0.1) is 5.69 Å². The van der Waals surface area contributed by atoms with Gasteiger partial charge in [-0.05, 0) is 43.2 Å². The Morgan fingerprint density at radius 3 is 2.50 bits per heavy atom. The second kappa shape index (κ2) is 5.17. The van der Waals surface area contributed by atoms with Crippen molar-refractivity contribution in [1.29, 1.82) is 0 Å². The fourth-order valence-corrected chi connectivity index (χ4v) is 1.99. The number of rotatable bonds is 3. The van der Waals surface area contributed by atoms with Crippen molar-refractivity contribution in [2.75, 3.05) is 5.32 Å². The van der Waals surface area contributed by atoms with Gasteiger partial charge in [-0.3, -0.25) is 0 Å². The van der Waals surface area contributed by atoms with E-state index in [1.54, 1.807) is 0 Å². The molecule has 0 aliphatic carbocycles. The molecule has 0 saturated heterocycles. The topological polar surface area (TPSA) is 12.0 Å². The highest BCUT2D eigenvalue weighted by Gasteiger charge is 2.10. The Hall–Kier alpha value is -1.90. The molecule has 0 spiro atoms. The number of aryl methyl sites for hydroxylation is 1. The SMILES string of the molecule is Cc1ccccc1C(C)Nc1cc(F)ccc1F. The highest BCUT2D eigenvalue weighted by Crippen LogP contribution is 2.24. The molecule has 0 aliphatic heterocycles. The molecule has 2 aromatic carbocycles. The highest BCUT2D eigenvalue weighted by molar-refractivity contribution is 5.47. The maximum absolute atomic E-state index is 13.5. The largest absolute Gasteiger partial charge is 0.376 e. The van der Waals surface area contributed by atoms with Crippen LogP contribution in [0.15, 0.2) is 42.5 Å². The van der Waals surface area contributed by atoms with Crippen LogP contribution in [0.3, 0.4) is 0 Å². The average Bonchev–Trinajstić information content (AvgIpc) is 2.34. The number of benzene rings is 2. The Morgan fingerprint density at radius 1 is 1.06 bits per heavy atom. The van der Waals surface area contributed by atoms with Gasteiger partial charge in [0, 0.05) is 6.04 Å². The van der Waals surface area contributed by atoms with Gasteiger partial charge in [-0.2, -0.15) is 0 Å². The normalized spacial score (nSPS) is 12.2. The van der Waals surface area contributed by atoms with E-state index >= 15 is 0 Å². The second-order valence-corrected chi connectivity index (χ2v) is 4.35. The molecule has 0 aromatic heterocycles. The van der Waals surface area contributed by atoms with Gasteiger partial charge in [0.15, 0.2) is 0 Å². The number of anilines is 1. The summed E-state index contributed by atoms with van der Waals surface area (Å²) in [6.07, 6.45) is 0. The molecule has 0 fully saturated rings. The molecule has 1 unspecified atom stereocenters. The van der Waals surface area contributed by atoms with Crippen LogP contribution in [-0.2, 0) is 0 Å². The van der Waals surface area contributed by atoms with Gasteiger partial charge in [0.2, 0.25) is 0 Å². The fourth-order valence-electron chi connectivity index (χ4n) is 1.99. The summed E-state index contributed by atoms with van der Waals surface area (Å²) in [6, 6.07) is 11.2. The van der Waals surface area contributed by atoms with Crippen LogP contribution >= 0.6 is 0 Å². The first kappa shape index (κ1) is 12.6. The van der Waals surface area contributed by atoms with Crippen LogP contribution in [-0.4, -0.2) is 0 Å². The Kier molecular flexibility index (Phi) is 3.60. The Morgan fingerprint density at radius 2 is 1.78 bits per heavy atom. The molecular weight excluding hydrogens is 232 g/mol. The highest BCUT2D eigenvalue weighted by atomic mass is 19.1. The van der Waals surface area contributed by atoms with Crippen molar-refractivity contribution in [2.24, 2.45) is 0 Å². The number of halogens is 2. The molecule has 0 aliphatic rings. The second-order valence-electron chi connectivity index (χ2n) is 4.35. The zero-order valence-electron chi connectivity index (χ0n) is 10.4. The lowest BCUT2D eigenvalue weighted by molar-refractivity contribution is 0.600. The lowest BCUT2D eigenvalue weighted by Crippen LogP contribution is -2.09. The summed E-state index contributed by atoms with van der Waals surface area (Å²) in [5, 5.41) is 2.99. The molecule has 1 N–H and O–H groups in total. The first-order chi connectivity index (χ1) is 8.58. The van der Waals surface area contributed by atoms with Gasteiger partial charge < -0.3 is 5.32 Å². The van der Waals surface area contributed by atoms with Crippen molar-refractivity contribution >= 4 is 5.69 Å². The van der Waals surface area contributed by atoms with Crippen LogP contribution in [0, 0.1) is 18.6 Å². The molecular formula is C15H15F2N. The Labute approximate surface area is 105 Å². The maximum atomic E-state index is 13.5. The van der Waals surface area contributed by atoms with E-state index in [2.05, 4.69) is 5.32 Å². The summed E-state index contributed by atoms with van der Waals surface area (Å²) >= 11 is 0. The summed E-state index contributed by atoms with van der Waals surface area (Å²) in [7, 11) is 0. The van der Waals surface area contributed by atoms with Crippen molar-refractivity contribution in [2.45, 2.75) is 19.9 Å². The standard InChI is InChI=1S/C15H15F2N/c1-10-5-3-4-6-13(10)11(2)18-15-9-12(16)7-8-14(15)17/h3-9,11,18H,1-2H3. The van der Waals surface area contributed by atoms with Crippen molar-refractivity contribution in [3.05, 3.63) is 65.2 Å². The number of nitrogens with one attached hydrogen (secondary N) is 1. The number of hydrogen-bond donors (Lipinski definition) is 1. The molecule has 0 bridgehead atoms. The monoisotopic (exact) mass is 247 g/mol. The van der Waals surface area contributed by atoms with E-state index in [-0.39, 0.29) is 11.7 Å². The molecule has 2 rings (SSSR count). The van der Waals surface area contributed by atoms with Gasteiger partial charge in [0.1, 0.15) is 11.6 Å². The lowest BCUT2D eigenvalue weighted by atomic mass is 10.0. The van der Waals surface area contributed by atoms with Gasteiger partial charge >= 0.3 is 0 Å². The van der Waals surface area contributed by atoms with E-state index < -0.39 is 11.6 Å². The molecule has 94 valence electrons. The molecule has 1 nitrogen and oxygen atoms in total. The fraction of sp³-hybridized carbons (Fsp3) is 0.200. The van der Waals surface area contributed by atoms with E-state index in [1.807, 2.05) is 38.1 Å². The third kappa shape index (κ3) is 2.67. The summed E-state index contributed by atoms with van der Waals surface area (Å²) in [6.45, 7) is 3.92. The van der Waals surface area contributed by atoms with E-state index in [9.17, 15) is 8.78 Å². The predicted octanol–water partition coefficient (Wildman–Crippen LogP) is 4.45. The zero-order valence-corrected chi connectivity index (χ0v) is 10.4. The van der Waals surface area contributed by atoms with Gasteiger partial charge in [-0.15, -0.1) is 0 Å². The molecule has 0 saturated carbocycles. The first-order valence-electron chi connectivity index (χ1n) is 5.85. The summed E-state index contributed by atoms with van der Waals surface area (Å²) in [5.74, 6) is -0.896. The van der Waals surface area contributed by atoms with Crippen LogP contribution in [0.2, 0.25) is 0 Å². The van der Waals surface area contributed by atoms with E-state index in [0.29, 0.717) is 0 Å². The third-order valence-electron chi connectivity index (χ3n) is 2.96. The summed E-state index contributed by atoms with van der Waals surface area (Å²) in [4.78, 5) is 0. The van der Waals surface area contributed by atoms with Gasteiger partial charge in [0.25, 0.3) is 0 Å². The third-order valence-corrected chi connectivity index (χ3v) is 2.96. The smallest absolute Gasteiger partial charge is 0.146 e. The lowest BCUT2D eigenvalue weighted by Gasteiger charge is -2.18. The van der Waals surface area contributed by atoms with Crippen LogP contribution in [0.25, 0.3) is 0 Å². The molecule has 18 heavy (non-hydrogen) atoms. The van der Waals surface area contributed by atoms with E-state index in [4.69, 9.17) is 0 Å². The van der Waals surface area contributed by atoms with Crippen LogP contribution in [0.4, 0.5) is 14.5 Å². The van der Waals surface area contributed by atoms with Crippen LogP contribution < -0.4 is 5.32 Å². The quantitative estimate of drug-likeness (QED) is 0.845. The summed E-state index contributed by atoms with van der Waals surface area (Å²) in [5.41, 5.74) is 2.38. The first-order valence-corrected chi connectivity index (χ1v) is 5.85. The minimum Gasteiger partial charge on any atom is -0.376 e. The molecule has 0 heterocycles. The Bertz CT molecular complexity index is 552. The van der Waals surface area contributed by atoms with E-state index in [1.165, 1.54) is 6.07 Å².